The predicted octanol–water partition coefficient (Wildman–Crippen LogP) is 4.94. The van der Waals surface area contributed by atoms with Gasteiger partial charge in [0.2, 0.25) is 6.79 Å². The van der Waals surface area contributed by atoms with Crippen LogP contribution >= 0.6 is 35.4 Å². The molecule has 0 saturated carbocycles. The van der Waals surface area contributed by atoms with E-state index in [9.17, 15) is 0 Å². The van der Waals surface area contributed by atoms with E-state index in [-0.39, 0.29) is 6.79 Å². The summed E-state index contributed by atoms with van der Waals surface area (Å²) in [6, 6.07) is 11.2. The van der Waals surface area contributed by atoms with Gasteiger partial charge in [-0.2, -0.15) is 0 Å². The van der Waals surface area contributed by atoms with Gasteiger partial charge in [0, 0.05) is 28.8 Å². The minimum atomic E-state index is 0.270. The molecule has 2 aromatic rings. The maximum Gasteiger partial charge on any atom is 0.231 e. The summed E-state index contributed by atoms with van der Waals surface area (Å²) in [7, 11) is 0. The average molecular weight is 383 g/mol. The molecule has 1 N–H and O–H groups in total. The average Bonchev–Trinajstić information content (AvgIpc) is 2.99. The van der Waals surface area contributed by atoms with Crippen LogP contribution in [0, 0.1) is 0 Å². The van der Waals surface area contributed by atoms with Gasteiger partial charge in [-0.1, -0.05) is 29.3 Å². The molecule has 2 aromatic carbocycles. The van der Waals surface area contributed by atoms with E-state index in [1.165, 1.54) is 0 Å². The van der Waals surface area contributed by atoms with Gasteiger partial charge >= 0.3 is 0 Å². The Bertz CT molecular complexity index is 750. The van der Waals surface area contributed by atoms with Crippen LogP contribution in [0.1, 0.15) is 12.5 Å². The van der Waals surface area contributed by atoms with E-state index in [2.05, 4.69) is 5.32 Å². The first-order valence-electron chi connectivity index (χ1n) is 7.45. The first kappa shape index (κ1) is 17.1. The molecule has 0 amide bonds. The Balaban J connectivity index is 1.70. The fourth-order valence-electron chi connectivity index (χ4n) is 2.42. The molecule has 0 spiro atoms. The Hall–Kier alpha value is -1.69. The van der Waals surface area contributed by atoms with E-state index in [0.717, 1.165) is 29.3 Å². The molecule has 1 heterocycles. The molecular weight excluding hydrogens is 367 g/mol. The monoisotopic (exact) mass is 382 g/mol. The fraction of sp³-hybridized carbons (Fsp3) is 0.235. The van der Waals surface area contributed by atoms with Crippen LogP contribution in [0.4, 0.5) is 5.69 Å². The zero-order chi connectivity index (χ0) is 17.1. The molecule has 7 heteroatoms. The van der Waals surface area contributed by atoms with Crippen LogP contribution in [-0.4, -0.2) is 23.4 Å². The number of hydrogen-bond donors (Lipinski definition) is 1. The first-order chi connectivity index (χ1) is 11.5. The lowest BCUT2D eigenvalue weighted by atomic mass is 10.2. The van der Waals surface area contributed by atoms with Crippen molar-refractivity contribution < 1.29 is 9.47 Å². The van der Waals surface area contributed by atoms with Crippen LogP contribution in [0.2, 0.25) is 10.0 Å². The molecule has 0 bridgehead atoms. The number of rotatable bonds is 4. The van der Waals surface area contributed by atoms with E-state index in [1.54, 1.807) is 18.2 Å². The second kappa shape index (κ2) is 7.47. The van der Waals surface area contributed by atoms with Gasteiger partial charge in [0.15, 0.2) is 16.6 Å². The zero-order valence-electron chi connectivity index (χ0n) is 13.0. The second-order valence-corrected chi connectivity index (χ2v) is 6.55. The second-order valence-electron chi connectivity index (χ2n) is 5.29. The molecule has 0 fully saturated rings. The van der Waals surface area contributed by atoms with Crippen LogP contribution in [0.5, 0.6) is 11.5 Å². The minimum Gasteiger partial charge on any atom is -0.454 e. The standard InChI is InChI=1S/C17H16Cl2N2O2S/c1-2-21(9-11-3-4-15-16(5-11)23-10-22-15)17(24)20-14-7-12(18)6-13(19)8-14/h3-8H,2,9-10H2,1H3,(H,20,24). The normalized spacial score (nSPS) is 12.1. The SMILES string of the molecule is CCN(Cc1ccc2c(c1)OCO2)C(=S)Nc1cc(Cl)cc(Cl)c1. The van der Waals surface area contributed by atoms with Crippen molar-refractivity contribution in [1.29, 1.82) is 0 Å². The summed E-state index contributed by atoms with van der Waals surface area (Å²) in [4.78, 5) is 2.04. The van der Waals surface area contributed by atoms with Crippen LogP contribution < -0.4 is 14.8 Å². The molecular formula is C17H16Cl2N2O2S. The number of ether oxygens (including phenoxy) is 2. The maximum atomic E-state index is 6.02. The maximum absolute atomic E-state index is 6.02. The van der Waals surface area contributed by atoms with Crippen LogP contribution in [0.25, 0.3) is 0 Å². The number of thiocarbonyl (C=S) groups is 1. The highest BCUT2D eigenvalue weighted by atomic mass is 35.5. The van der Waals surface area contributed by atoms with Gasteiger partial charge in [0.05, 0.1) is 0 Å². The third kappa shape index (κ3) is 4.04. The highest BCUT2D eigenvalue weighted by molar-refractivity contribution is 7.80. The number of benzene rings is 2. The number of nitrogens with one attached hydrogen (secondary N) is 1. The van der Waals surface area contributed by atoms with E-state index in [0.29, 0.717) is 21.7 Å². The van der Waals surface area contributed by atoms with Crippen molar-refractivity contribution in [3.63, 3.8) is 0 Å². The molecule has 0 unspecified atom stereocenters. The number of fused-ring (bicyclic) bond motifs is 1. The first-order valence-corrected chi connectivity index (χ1v) is 8.62. The van der Waals surface area contributed by atoms with Gasteiger partial charge in [-0.15, -0.1) is 0 Å². The lowest BCUT2D eigenvalue weighted by Gasteiger charge is -2.24. The quantitative estimate of drug-likeness (QED) is 0.757. The summed E-state index contributed by atoms with van der Waals surface area (Å²) in [6.07, 6.45) is 0. The van der Waals surface area contributed by atoms with Gasteiger partial charge in [-0.3, -0.25) is 0 Å². The summed E-state index contributed by atoms with van der Waals surface area (Å²) < 4.78 is 10.8. The predicted molar refractivity (Wildman–Crippen MR) is 101 cm³/mol. The smallest absolute Gasteiger partial charge is 0.231 e. The topological polar surface area (TPSA) is 33.7 Å². The van der Waals surface area contributed by atoms with Crippen molar-refractivity contribution in [1.82, 2.24) is 4.90 Å². The molecule has 0 atom stereocenters. The number of nitrogens with zero attached hydrogens (tertiary/aromatic N) is 1. The molecule has 4 nitrogen and oxygen atoms in total. The highest BCUT2D eigenvalue weighted by Gasteiger charge is 2.15. The van der Waals surface area contributed by atoms with E-state index in [4.69, 9.17) is 44.9 Å². The van der Waals surface area contributed by atoms with Crippen molar-refractivity contribution >= 4 is 46.2 Å². The van der Waals surface area contributed by atoms with Crippen molar-refractivity contribution in [3.05, 3.63) is 52.0 Å². The summed E-state index contributed by atoms with van der Waals surface area (Å²) in [5.41, 5.74) is 1.86. The fourth-order valence-corrected chi connectivity index (χ4v) is 3.25. The van der Waals surface area contributed by atoms with Crippen molar-refractivity contribution in [3.8, 4) is 11.5 Å². The molecule has 126 valence electrons. The Morgan fingerprint density at radius 3 is 2.54 bits per heavy atom. The Morgan fingerprint density at radius 2 is 1.83 bits per heavy atom. The molecule has 0 saturated heterocycles. The number of hydrogen-bond acceptors (Lipinski definition) is 3. The number of anilines is 1. The molecule has 0 radical (unpaired) electrons. The molecule has 0 aliphatic carbocycles. The van der Waals surface area contributed by atoms with Gasteiger partial charge in [-0.05, 0) is 55.0 Å². The van der Waals surface area contributed by atoms with Gasteiger partial charge < -0.3 is 19.7 Å². The van der Waals surface area contributed by atoms with Crippen molar-refractivity contribution in [2.45, 2.75) is 13.5 Å². The van der Waals surface area contributed by atoms with Gasteiger partial charge in [0.1, 0.15) is 0 Å². The largest absolute Gasteiger partial charge is 0.454 e. The Labute approximate surface area is 156 Å². The lowest BCUT2D eigenvalue weighted by molar-refractivity contribution is 0.174. The lowest BCUT2D eigenvalue weighted by Crippen LogP contribution is -2.34. The summed E-state index contributed by atoms with van der Waals surface area (Å²) >= 11 is 17.6. The third-order valence-corrected chi connectivity index (χ3v) is 4.39. The Kier molecular flexibility index (Phi) is 5.33. The summed E-state index contributed by atoms with van der Waals surface area (Å²) in [5, 5.41) is 4.91. The van der Waals surface area contributed by atoms with Crippen molar-refractivity contribution in [2.75, 3.05) is 18.7 Å². The molecule has 24 heavy (non-hydrogen) atoms. The molecule has 3 rings (SSSR count). The summed E-state index contributed by atoms with van der Waals surface area (Å²) in [5.74, 6) is 1.54. The van der Waals surface area contributed by atoms with Crippen molar-refractivity contribution in [2.24, 2.45) is 0 Å². The van der Waals surface area contributed by atoms with Crippen LogP contribution in [0.3, 0.4) is 0 Å². The molecule has 0 aromatic heterocycles. The zero-order valence-corrected chi connectivity index (χ0v) is 15.3. The molecule has 1 aliphatic rings. The van der Waals surface area contributed by atoms with Crippen LogP contribution in [0.15, 0.2) is 36.4 Å². The van der Waals surface area contributed by atoms with E-state index < -0.39 is 0 Å². The van der Waals surface area contributed by atoms with Gasteiger partial charge in [0.25, 0.3) is 0 Å². The number of halogens is 2. The Morgan fingerprint density at radius 1 is 1.12 bits per heavy atom. The highest BCUT2D eigenvalue weighted by Crippen LogP contribution is 2.33. The minimum absolute atomic E-state index is 0.270. The molecule has 1 aliphatic heterocycles. The summed E-state index contributed by atoms with van der Waals surface area (Å²) in [6.45, 7) is 3.74. The van der Waals surface area contributed by atoms with Gasteiger partial charge in [-0.25, -0.2) is 0 Å². The third-order valence-electron chi connectivity index (χ3n) is 3.59. The van der Waals surface area contributed by atoms with E-state index >= 15 is 0 Å². The van der Waals surface area contributed by atoms with Crippen LogP contribution in [-0.2, 0) is 6.54 Å². The van der Waals surface area contributed by atoms with E-state index in [1.807, 2.05) is 30.0 Å².